The molecule has 1 saturated heterocycles. The Morgan fingerprint density at radius 2 is 1.68 bits per heavy atom. The van der Waals surface area contributed by atoms with Crippen molar-refractivity contribution in [3.8, 4) is 0 Å². The summed E-state index contributed by atoms with van der Waals surface area (Å²) in [5.74, 6) is 0. The highest BCUT2D eigenvalue weighted by Gasteiger charge is 2.52. The highest BCUT2D eigenvalue weighted by Crippen LogP contribution is 2.37. The average molecular weight is 301 g/mol. The number of rotatable bonds is 2. The van der Waals surface area contributed by atoms with Crippen molar-refractivity contribution in [1.29, 1.82) is 0 Å². The summed E-state index contributed by atoms with van der Waals surface area (Å²) in [7, 11) is -1.73. The molecule has 0 radical (unpaired) electrons. The molecule has 0 aliphatic carbocycles. The topological polar surface area (TPSA) is 35.5 Å². The van der Waals surface area contributed by atoms with E-state index in [4.69, 9.17) is 20.9 Å². The zero-order valence-electron chi connectivity index (χ0n) is 11.8. The molecule has 1 aromatic carbocycles. The first kappa shape index (κ1) is 15.0. The van der Waals surface area contributed by atoms with Crippen LogP contribution < -0.4 is 5.46 Å². The minimum absolute atomic E-state index is 0.424. The minimum Gasteiger partial charge on any atom is -0.399 e. The van der Waals surface area contributed by atoms with Gasteiger partial charge in [-0.1, -0.05) is 23.7 Å². The third kappa shape index (κ3) is 2.61. The number of benzene rings is 1. The second-order valence-corrected chi connectivity index (χ2v) is 7.42. The molecule has 6 heteroatoms. The van der Waals surface area contributed by atoms with Crippen molar-refractivity contribution in [2.24, 2.45) is 0 Å². The summed E-state index contributed by atoms with van der Waals surface area (Å²) >= 11 is 6.14. The van der Waals surface area contributed by atoms with Crippen LogP contribution in [-0.4, -0.2) is 28.8 Å². The molecule has 1 aliphatic rings. The van der Waals surface area contributed by atoms with Crippen LogP contribution in [0, 0.1) is 0 Å². The molecule has 0 amide bonds. The lowest BCUT2D eigenvalue weighted by Crippen LogP contribution is -2.41. The van der Waals surface area contributed by atoms with Crippen LogP contribution in [0.3, 0.4) is 0 Å². The molecule has 1 aromatic rings. The Balaban J connectivity index is 2.46. The van der Waals surface area contributed by atoms with Gasteiger partial charge in [-0.05, 0) is 33.8 Å². The van der Waals surface area contributed by atoms with E-state index in [1.807, 2.05) is 39.8 Å². The van der Waals surface area contributed by atoms with Crippen molar-refractivity contribution in [2.75, 3.05) is 6.26 Å². The van der Waals surface area contributed by atoms with E-state index >= 15 is 0 Å². The van der Waals surface area contributed by atoms with Crippen LogP contribution >= 0.6 is 11.6 Å². The molecule has 1 aliphatic heterocycles. The highest BCUT2D eigenvalue weighted by molar-refractivity contribution is 7.84. The first-order valence-corrected chi connectivity index (χ1v) is 8.07. The van der Waals surface area contributed by atoms with Gasteiger partial charge in [-0.2, -0.15) is 0 Å². The van der Waals surface area contributed by atoms with Crippen molar-refractivity contribution >= 4 is 35.0 Å². The zero-order chi connectivity index (χ0) is 14.4. The van der Waals surface area contributed by atoms with E-state index in [9.17, 15) is 4.21 Å². The summed E-state index contributed by atoms with van der Waals surface area (Å²) in [6, 6.07) is 5.40. The van der Waals surface area contributed by atoms with E-state index in [1.165, 1.54) is 0 Å². The summed E-state index contributed by atoms with van der Waals surface area (Å²) in [4.78, 5) is 0.586. The maximum Gasteiger partial charge on any atom is 0.496 e. The van der Waals surface area contributed by atoms with Crippen LogP contribution in [0.15, 0.2) is 23.1 Å². The number of halogens is 1. The first-order valence-electron chi connectivity index (χ1n) is 6.13. The Morgan fingerprint density at radius 1 is 1.16 bits per heavy atom. The van der Waals surface area contributed by atoms with Gasteiger partial charge in [0, 0.05) is 11.7 Å². The molecule has 1 unspecified atom stereocenters. The van der Waals surface area contributed by atoms with Gasteiger partial charge < -0.3 is 9.31 Å². The molecule has 2 rings (SSSR count). The van der Waals surface area contributed by atoms with Gasteiger partial charge in [0.1, 0.15) is 0 Å². The lowest BCUT2D eigenvalue weighted by atomic mass is 9.79. The second kappa shape index (κ2) is 4.88. The van der Waals surface area contributed by atoms with Crippen molar-refractivity contribution < 1.29 is 13.5 Å². The smallest absolute Gasteiger partial charge is 0.399 e. The van der Waals surface area contributed by atoms with Crippen LogP contribution in [0.1, 0.15) is 27.7 Å². The Labute approximate surface area is 122 Å². The SMILES string of the molecule is CS(=O)c1c(Cl)cccc1B1OC(C)(C)C(C)(C)O1. The van der Waals surface area contributed by atoms with E-state index in [-0.39, 0.29) is 0 Å². The molecule has 0 bridgehead atoms. The van der Waals surface area contributed by atoms with Crippen LogP contribution in [-0.2, 0) is 20.1 Å². The largest absolute Gasteiger partial charge is 0.496 e. The predicted octanol–water partition coefficient (Wildman–Crippen LogP) is 2.38. The van der Waals surface area contributed by atoms with Crippen molar-refractivity contribution in [3.63, 3.8) is 0 Å². The number of hydrogen-bond acceptors (Lipinski definition) is 3. The summed E-state index contributed by atoms with van der Waals surface area (Å²) in [5, 5.41) is 0.480. The van der Waals surface area contributed by atoms with Gasteiger partial charge in [0.25, 0.3) is 0 Å². The van der Waals surface area contributed by atoms with Gasteiger partial charge in [-0.3, -0.25) is 4.21 Å². The lowest BCUT2D eigenvalue weighted by molar-refractivity contribution is 0.00578. The number of hydrogen-bond donors (Lipinski definition) is 0. The Bertz CT molecular complexity index is 515. The van der Waals surface area contributed by atoms with Gasteiger partial charge >= 0.3 is 7.12 Å². The molecule has 3 nitrogen and oxygen atoms in total. The van der Waals surface area contributed by atoms with E-state index in [1.54, 1.807) is 12.3 Å². The third-order valence-electron chi connectivity index (χ3n) is 3.79. The summed E-state index contributed by atoms with van der Waals surface area (Å²) < 4.78 is 23.8. The normalized spacial score (nSPS) is 22.5. The summed E-state index contributed by atoms with van der Waals surface area (Å²) in [6.07, 6.45) is 1.61. The predicted molar refractivity (Wildman–Crippen MR) is 79.5 cm³/mol. The van der Waals surface area contributed by atoms with Crippen molar-refractivity contribution in [3.05, 3.63) is 23.2 Å². The van der Waals surface area contributed by atoms with Gasteiger partial charge in [0.15, 0.2) is 0 Å². The van der Waals surface area contributed by atoms with E-state index in [0.29, 0.717) is 9.92 Å². The minimum atomic E-state index is -1.19. The molecular formula is C13H18BClO3S. The van der Waals surface area contributed by atoms with Gasteiger partial charge in [0.05, 0.1) is 31.9 Å². The van der Waals surface area contributed by atoms with Crippen LogP contribution in [0.5, 0.6) is 0 Å². The average Bonchev–Trinajstić information content (AvgIpc) is 2.47. The zero-order valence-corrected chi connectivity index (χ0v) is 13.4. The summed E-state index contributed by atoms with van der Waals surface area (Å²) in [6.45, 7) is 7.94. The maximum atomic E-state index is 11.9. The fourth-order valence-corrected chi connectivity index (χ4v) is 3.33. The molecule has 19 heavy (non-hydrogen) atoms. The fraction of sp³-hybridized carbons (Fsp3) is 0.538. The molecule has 104 valence electrons. The van der Waals surface area contributed by atoms with Crippen molar-refractivity contribution in [1.82, 2.24) is 0 Å². The molecule has 1 fully saturated rings. The highest BCUT2D eigenvalue weighted by atomic mass is 35.5. The van der Waals surface area contributed by atoms with E-state index in [0.717, 1.165) is 5.46 Å². The first-order chi connectivity index (χ1) is 8.66. The van der Waals surface area contributed by atoms with Crippen LogP contribution in [0.2, 0.25) is 5.02 Å². The van der Waals surface area contributed by atoms with Gasteiger partial charge in [-0.15, -0.1) is 0 Å². The quantitative estimate of drug-likeness (QED) is 0.787. The fourth-order valence-electron chi connectivity index (χ4n) is 1.98. The summed E-state index contributed by atoms with van der Waals surface area (Å²) in [5.41, 5.74) is -0.106. The Morgan fingerprint density at radius 3 is 2.16 bits per heavy atom. The molecule has 1 heterocycles. The molecular weight excluding hydrogens is 282 g/mol. The van der Waals surface area contributed by atoms with Crippen molar-refractivity contribution in [2.45, 2.75) is 43.8 Å². The maximum absolute atomic E-state index is 11.9. The van der Waals surface area contributed by atoms with Gasteiger partial charge in [0.2, 0.25) is 0 Å². The second-order valence-electron chi connectivity index (χ2n) is 5.70. The standard InChI is InChI=1S/C13H18BClO3S/c1-12(2)13(3,4)18-14(17-12)9-7-6-8-10(15)11(9)19(5)16/h6-8H,1-5H3. The van der Waals surface area contributed by atoms with Crippen LogP contribution in [0.25, 0.3) is 0 Å². The Hall–Kier alpha value is -0.355. The molecule has 0 spiro atoms. The molecule has 0 N–H and O–H groups in total. The van der Waals surface area contributed by atoms with Crippen LogP contribution in [0.4, 0.5) is 0 Å². The monoisotopic (exact) mass is 300 g/mol. The van der Waals surface area contributed by atoms with E-state index in [2.05, 4.69) is 0 Å². The van der Waals surface area contributed by atoms with Gasteiger partial charge in [-0.25, -0.2) is 0 Å². The molecule has 0 saturated carbocycles. The Kier molecular flexibility index (Phi) is 3.86. The molecule has 0 aromatic heterocycles. The lowest BCUT2D eigenvalue weighted by Gasteiger charge is -2.32. The third-order valence-corrected chi connectivity index (χ3v) is 5.25. The molecule has 1 atom stereocenters. The van der Waals surface area contributed by atoms with E-state index < -0.39 is 29.1 Å².